The Balaban J connectivity index is 1.71. The normalized spacial score (nSPS) is 14.1. The Morgan fingerprint density at radius 2 is 2.00 bits per heavy atom. The van der Waals surface area contributed by atoms with Crippen molar-refractivity contribution in [3.63, 3.8) is 0 Å². The van der Waals surface area contributed by atoms with Gasteiger partial charge in [0, 0.05) is 28.6 Å². The van der Waals surface area contributed by atoms with E-state index in [-0.39, 0.29) is 11.8 Å². The Morgan fingerprint density at radius 3 is 2.74 bits per heavy atom. The summed E-state index contributed by atoms with van der Waals surface area (Å²) in [4.78, 5) is 30.5. The van der Waals surface area contributed by atoms with Gasteiger partial charge in [0.15, 0.2) is 5.13 Å². The molecule has 5 nitrogen and oxygen atoms in total. The lowest BCUT2D eigenvalue weighted by atomic mass is 10.1. The third-order valence-corrected chi connectivity index (χ3v) is 5.17. The van der Waals surface area contributed by atoms with Crippen LogP contribution in [0.4, 0.5) is 16.5 Å². The molecule has 0 spiro atoms. The van der Waals surface area contributed by atoms with Crippen molar-refractivity contribution in [3.8, 4) is 0 Å². The van der Waals surface area contributed by atoms with E-state index in [1.807, 2.05) is 35.7 Å². The Bertz CT molecular complexity index is 1080. The van der Waals surface area contributed by atoms with E-state index in [1.54, 1.807) is 29.2 Å². The van der Waals surface area contributed by atoms with Gasteiger partial charge < -0.3 is 5.32 Å². The van der Waals surface area contributed by atoms with Gasteiger partial charge in [-0.05, 0) is 36.4 Å². The van der Waals surface area contributed by atoms with Crippen molar-refractivity contribution in [2.45, 2.75) is 6.92 Å². The molecule has 2 heterocycles. The average Bonchev–Trinajstić information content (AvgIpc) is 3.21. The predicted octanol–water partition coefficient (Wildman–Crippen LogP) is 4.97. The highest BCUT2D eigenvalue weighted by Crippen LogP contribution is 2.36. The van der Waals surface area contributed by atoms with Gasteiger partial charge in [-0.25, -0.2) is 4.98 Å². The minimum Gasteiger partial charge on any atom is -0.321 e. The van der Waals surface area contributed by atoms with Crippen molar-refractivity contribution in [2.75, 3.05) is 10.2 Å². The molecular weight excluding hydrogens is 382 g/mol. The molecule has 0 radical (unpaired) electrons. The number of nitrogens with one attached hydrogen (secondary N) is 1. The molecule has 1 N–H and O–H groups in total. The van der Waals surface area contributed by atoms with Gasteiger partial charge in [-0.15, -0.1) is 11.3 Å². The Kier molecular flexibility index (Phi) is 4.51. The fourth-order valence-corrected chi connectivity index (χ4v) is 3.92. The maximum absolute atomic E-state index is 12.3. The SMILES string of the molecule is CC(=O)N(c1ccccc1)c1nc(/C=C2\C(=O)Nc3ccc(Cl)cc32)cs1. The molecule has 1 aromatic heterocycles. The standard InChI is InChI=1S/C20H14ClN3O2S/c1-12(25)24(15-5-3-2-4-6-15)20-22-14(11-27-20)10-17-16-9-13(21)7-8-18(16)23-19(17)26/h2-11H,1H3,(H,23,26)/b17-10-. The Morgan fingerprint density at radius 1 is 1.22 bits per heavy atom. The van der Waals surface area contributed by atoms with E-state index in [0.29, 0.717) is 21.4 Å². The van der Waals surface area contributed by atoms with Crippen LogP contribution in [0.25, 0.3) is 11.6 Å². The highest BCUT2D eigenvalue weighted by molar-refractivity contribution is 7.14. The van der Waals surface area contributed by atoms with E-state index in [4.69, 9.17) is 11.6 Å². The molecule has 7 heteroatoms. The van der Waals surface area contributed by atoms with E-state index in [1.165, 1.54) is 18.3 Å². The fraction of sp³-hybridized carbons (Fsp3) is 0.0500. The lowest BCUT2D eigenvalue weighted by molar-refractivity contribution is -0.116. The van der Waals surface area contributed by atoms with Crippen molar-refractivity contribution in [3.05, 3.63) is 70.2 Å². The predicted molar refractivity (Wildman–Crippen MR) is 109 cm³/mol. The maximum Gasteiger partial charge on any atom is 0.256 e. The first kappa shape index (κ1) is 17.5. The van der Waals surface area contributed by atoms with Crippen LogP contribution in [0, 0.1) is 0 Å². The first-order valence-electron chi connectivity index (χ1n) is 8.17. The third kappa shape index (κ3) is 3.37. The number of hydrogen-bond acceptors (Lipinski definition) is 4. The van der Waals surface area contributed by atoms with Gasteiger partial charge >= 0.3 is 0 Å². The molecule has 27 heavy (non-hydrogen) atoms. The molecule has 0 aliphatic carbocycles. The number of hydrogen-bond donors (Lipinski definition) is 1. The second kappa shape index (κ2) is 6.98. The van der Waals surface area contributed by atoms with Crippen LogP contribution in [-0.2, 0) is 9.59 Å². The van der Waals surface area contributed by atoms with E-state index in [2.05, 4.69) is 10.3 Å². The van der Waals surface area contributed by atoms with Crippen LogP contribution in [0.5, 0.6) is 0 Å². The smallest absolute Gasteiger partial charge is 0.256 e. The topological polar surface area (TPSA) is 62.3 Å². The van der Waals surface area contributed by atoms with E-state index in [0.717, 1.165) is 16.9 Å². The van der Waals surface area contributed by atoms with Crippen molar-refractivity contribution in [2.24, 2.45) is 0 Å². The first-order valence-corrected chi connectivity index (χ1v) is 9.43. The van der Waals surface area contributed by atoms with Crippen LogP contribution >= 0.6 is 22.9 Å². The molecule has 134 valence electrons. The highest BCUT2D eigenvalue weighted by Gasteiger charge is 2.25. The fourth-order valence-electron chi connectivity index (χ4n) is 2.90. The monoisotopic (exact) mass is 395 g/mol. The number of anilines is 3. The number of benzene rings is 2. The first-order chi connectivity index (χ1) is 13.0. The number of aromatic nitrogens is 1. The van der Waals surface area contributed by atoms with E-state index in [9.17, 15) is 9.59 Å². The number of carbonyl (C=O) groups excluding carboxylic acids is 2. The molecule has 1 aliphatic rings. The summed E-state index contributed by atoms with van der Waals surface area (Å²) in [5.41, 5.74) is 3.32. The van der Waals surface area contributed by atoms with Crippen molar-refractivity contribution in [1.82, 2.24) is 4.98 Å². The summed E-state index contributed by atoms with van der Waals surface area (Å²) in [6, 6.07) is 14.6. The molecule has 3 aromatic rings. The average molecular weight is 396 g/mol. The zero-order valence-corrected chi connectivity index (χ0v) is 15.8. The molecule has 0 fully saturated rings. The zero-order valence-electron chi connectivity index (χ0n) is 14.3. The molecule has 2 aromatic carbocycles. The molecule has 1 aliphatic heterocycles. The van der Waals surface area contributed by atoms with Crippen LogP contribution in [0.1, 0.15) is 18.2 Å². The number of fused-ring (bicyclic) bond motifs is 1. The summed E-state index contributed by atoms with van der Waals surface area (Å²) in [5, 5.41) is 5.73. The van der Waals surface area contributed by atoms with Gasteiger partial charge in [-0.1, -0.05) is 29.8 Å². The van der Waals surface area contributed by atoms with Gasteiger partial charge in [0.1, 0.15) is 0 Å². The van der Waals surface area contributed by atoms with Gasteiger partial charge in [0.2, 0.25) is 5.91 Å². The van der Waals surface area contributed by atoms with Crippen LogP contribution < -0.4 is 10.2 Å². The van der Waals surface area contributed by atoms with E-state index >= 15 is 0 Å². The zero-order chi connectivity index (χ0) is 19.0. The quantitative estimate of drug-likeness (QED) is 0.636. The molecule has 0 saturated heterocycles. The minimum absolute atomic E-state index is 0.134. The number of para-hydroxylation sites is 1. The summed E-state index contributed by atoms with van der Waals surface area (Å²) < 4.78 is 0. The summed E-state index contributed by atoms with van der Waals surface area (Å²) >= 11 is 7.41. The molecule has 4 rings (SSSR count). The number of nitrogens with zero attached hydrogens (tertiary/aromatic N) is 2. The molecular formula is C20H14ClN3O2S. The van der Waals surface area contributed by atoms with Crippen LogP contribution in [-0.4, -0.2) is 16.8 Å². The Labute approximate surface area is 164 Å². The van der Waals surface area contributed by atoms with Crippen LogP contribution in [0.2, 0.25) is 5.02 Å². The largest absolute Gasteiger partial charge is 0.321 e. The maximum atomic E-state index is 12.3. The number of carbonyl (C=O) groups is 2. The van der Waals surface area contributed by atoms with Gasteiger partial charge in [-0.2, -0.15) is 0 Å². The molecule has 2 amide bonds. The number of thiazole rings is 1. The van der Waals surface area contributed by atoms with Crippen LogP contribution in [0.3, 0.4) is 0 Å². The molecule has 0 saturated carbocycles. The lowest BCUT2D eigenvalue weighted by Crippen LogP contribution is -2.22. The summed E-state index contributed by atoms with van der Waals surface area (Å²) in [5.74, 6) is -0.334. The molecule has 0 atom stereocenters. The minimum atomic E-state index is -0.201. The molecule has 0 unspecified atom stereocenters. The van der Waals surface area contributed by atoms with Gasteiger partial charge in [-0.3, -0.25) is 14.5 Å². The second-order valence-corrected chi connectivity index (χ2v) is 7.22. The summed E-state index contributed by atoms with van der Waals surface area (Å²) in [7, 11) is 0. The van der Waals surface area contributed by atoms with Crippen molar-refractivity contribution in [1.29, 1.82) is 0 Å². The number of rotatable bonds is 3. The van der Waals surface area contributed by atoms with Gasteiger partial charge in [0.05, 0.1) is 17.0 Å². The number of amides is 2. The molecule has 0 bridgehead atoms. The summed E-state index contributed by atoms with van der Waals surface area (Å²) in [6.07, 6.45) is 1.71. The van der Waals surface area contributed by atoms with E-state index < -0.39 is 0 Å². The lowest BCUT2D eigenvalue weighted by Gasteiger charge is -2.17. The number of halogens is 1. The van der Waals surface area contributed by atoms with Gasteiger partial charge in [0.25, 0.3) is 5.91 Å². The second-order valence-electron chi connectivity index (χ2n) is 5.95. The Hall–Kier alpha value is -2.96. The summed E-state index contributed by atoms with van der Waals surface area (Å²) in [6.45, 7) is 1.50. The highest BCUT2D eigenvalue weighted by atomic mass is 35.5. The van der Waals surface area contributed by atoms with Crippen molar-refractivity contribution < 1.29 is 9.59 Å². The van der Waals surface area contributed by atoms with Crippen molar-refractivity contribution >= 4 is 62.9 Å². The van der Waals surface area contributed by atoms with Crippen LogP contribution in [0.15, 0.2) is 53.9 Å². The third-order valence-electron chi connectivity index (χ3n) is 4.09.